The Kier molecular flexibility index (Phi) is 6.35. The van der Waals surface area contributed by atoms with Gasteiger partial charge < -0.3 is 19.4 Å². The monoisotopic (exact) mass is 409 g/mol. The summed E-state index contributed by atoms with van der Waals surface area (Å²) in [6.45, 7) is 8.26. The molecule has 2 aliphatic heterocycles. The predicted octanol–water partition coefficient (Wildman–Crippen LogP) is 2.89. The summed E-state index contributed by atoms with van der Waals surface area (Å²) < 4.78 is 5.64. The van der Waals surface area contributed by atoms with Crippen LogP contribution in [0.2, 0.25) is 0 Å². The molecule has 0 spiro atoms. The lowest BCUT2D eigenvalue weighted by molar-refractivity contribution is -0.133. The molecule has 0 aliphatic carbocycles. The summed E-state index contributed by atoms with van der Waals surface area (Å²) in [6, 6.07) is 12.4. The van der Waals surface area contributed by atoms with E-state index in [1.54, 1.807) is 0 Å². The number of piperazine rings is 1. The Hall–Kier alpha value is -2.83. The number of hydrogen-bond donors (Lipinski definition) is 0. The van der Waals surface area contributed by atoms with Crippen LogP contribution in [0.15, 0.2) is 36.4 Å². The van der Waals surface area contributed by atoms with Crippen LogP contribution in [0.4, 0.5) is 11.6 Å². The highest BCUT2D eigenvalue weighted by Gasteiger charge is 2.24. The second kappa shape index (κ2) is 9.32. The van der Waals surface area contributed by atoms with Crippen molar-refractivity contribution in [2.45, 2.75) is 39.2 Å². The van der Waals surface area contributed by atoms with Gasteiger partial charge in [-0.2, -0.15) is 0 Å². The molecule has 7 heteroatoms. The SMILES string of the molecule is Cc1ccc(OCC(=O)N2CCN(c3ccc(N4CCCCC4C)nn3)CC2)cc1. The first kappa shape index (κ1) is 20.4. The Morgan fingerprint density at radius 3 is 2.33 bits per heavy atom. The quantitative estimate of drug-likeness (QED) is 0.757. The van der Waals surface area contributed by atoms with E-state index in [2.05, 4.69) is 39.1 Å². The number of amides is 1. The number of nitrogens with zero attached hydrogens (tertiary/aromatic N) is 5. The lowest BCUT2D eigenvalue weighted by Gasteiger charge is -2.36. The molecule has 2 aliphatic rings. The van der Waals surface area contributed by atoms with Crippen LogP contribution in [0, 0.1) is 6.92 Å². The Morgan fingerprint density at radius 2 is 1.67 bits per heavy atom. The fourth-order valence-electron chi connectivity index (χ4n) is 4.13. The normalized spacial score (nSPS) is 19.7. The van der Waals surface area contributed by atoms with Gasteiger partial charge in [0.15, 0.2) is 18.2 Å². The van der Waals surface area contributed by atoms with Crippen LogP contribution in [0.3, 0.4) is 0 Å². The second-order valence-electron chi connectivity index (χ2n) is 8.26. The number of aromatic nitrogens is 2. The van der Waals surface area contributed by atoms with Crippen molar-refractivity contribution < 1.29 is 9.53 Å². The van der Waals surface area contributed by atoms with Gasteiger partial charge in [0.05, 0.1) is 0 Å². The predicted molar refractivity (Wildman–Crippen MR) is 118 cm³/mol. The molecule has 7 nitrogen and oxygen atoms in total. The number of ether oxygens (including phenoxy) is 1. The lowest BCUT2D eigenvalue weighted by Crippen LogP contribution is -2.50. The molecule has 0 bridgehead atoms. The summed E-state index contributed by atoms with van der Waals surface area (Å²) in [5.74, 6) is 2.60. The molecule has 2 fully saturated rings. The molecular formula is C23H31N5O2. The zero-order valence-electron chi connectivity index (χ0n) is 18.0. The summed E-state index contributed by atoms with van der Waals surface area (Å²) in [7, 11) is 0. The largest absolute Gasteiger partial charge is 0.484 e. The zero-order chi connectivity index (χ0) is 20.9. The average Bonchev–Trinajstić information content (AvgIpc) is 2.79. The lowest BCUT2D eigenvalue weighted by atomic mass is 10.0. The highest BCUT2D eigenvalue weighted by atomic mass is 16.5. The highest BCUT2D eigenvalue weighted by molar-refractivity contribution is 5.78. The van der Waals surface area contributed by atoms with E-state index in [-0.39, 0.29) is 12.5 Å². The number of benzene rings is 1. The van der Waals surface area contributed by atoms with Crippen molar-refractivity contribution in [3.63, 3.8) is 0 Å². The summed E-state index contributed by atoms with van der Waals surface area (Å²) in [6.07, 6.45) is 3.73. The molecule has 1 aromatic heterocycles. The van der Waals surface area contributed by atoms with Gasteiger partial charge in [0.1, 0.15) is 5.75 Å². The van der Waals surface area contributed by atoms with Gasteiger partial charge in [-0.3, -0.25) is 4.79 Å². The first-order chi connectivity index (χ1) is 14.6. The van der Waals surface area contributed by atoms with Crippen molar-refractivity contribution in [1.29, 1.82) is 0 Å². The maximum absolute atomic E-state index is 12.5. The van der Waals surface area contributed by atoms with Crippen LogP contribution in [0.25, 0.3) is 0 Å². The second-order valence-corrected chi connectivity index (χ2v) is 8.26. The van der Waals surface area contributed by atoms with Gasteiger partial charge in [-0.25, -0.2) is 0 Å². The maximum Gasteiger partial charge on any atom is 0.260 e. The van der Waals surface area contributed by atoms with E-state index in [1.165, 1.54) is 24.8 Å². The zero-order valence-corrected chi connectivity index (χ0v) is 18.0. The third-order valence-electron chi connectivity index (χ3n) is 6.07. The van der Waals surface area contributed by atoms with E-state index in [9.17, 15) is 4.79 Å². The molecule has 1 amide bonds. The van der Waals surface area contributed by atoms with Crippen LogP contribution in [0.5, 0.6) is 5.75 Å². The molecule has 30 heavy (non-hydrogen) atoms. The van der Waals surface area contributed by atoms with Crippen molar-refractivity contribution in [2.24, 2.45) is 0 Å². The van der Waals surface area contributed by atoms with Crippen molar-refractivity contribution in [3.05, 3.63) is 42.0 Å². The third kappa shape index (κ3) is 4.83. The van der Waals surface area contributed by atoms with E-state index < -0.39 is 0 Å². The molecular weight excluding hydrogens is 378 g/mol. The number of hydrogen-bond acceptors (Lipinski definition) is 6. The summed E-state index contributed by atoms with van der Waals surface area (Å²) in [5, 5.41) is 8.96. The topological polar surface area (TPSA) is 61.8 Å². The highest BCUT2D eigenvalue weighted by Crippen LogP contribution is 2.23. The van der Waals surface area contributed by atoms with Gasteiger partial charge >= 0.3 is 0 Å². The van der Waals surface area contributed by atoms with Crippen LogP contribution >= 0.6 is 0 Å². The minimum atomic E-state index is 0.0238. The number of piperidine rings is 1. The van der Waals surface area contributed by atoms with Crippen molar-refractivity contribution >= 4 is 17.5 Å². The molecule has 3 heterocycles. The fourth-order valence-corrected chi connectivity index (χ4v) is 4.13. The molecule has 2 aromatic rings. The number of aryl methyl sites for hydroxylation is 1. The Labute approximate surface area is 178 Å². The van der Waals surface area contributed by atoms with Gasteiger partial charge in [-0.05, 0) is 57.4 Å². The fraction of sp³-hybridized carbons (Fsp3) is 0.522. The van der Waals surface area contributed by atoms with E-state index >= 15 is 0 Å². The first-order valence-corrected chi connectivity index (χ1v) is 10.9. The Balaban J connectivity index is 1.26. The first-order valence-electron chi connectivity index (χ1n) is 10.9. The van der Waals surface area contributed by atoms with Crippen LogP contribution in [-0.4, -0.2) is 66.4 Å². The van der Waals surface area contributed by atoms with E-state index in [4.69, 9.17) is 4.74 Å². The summed E-state index contributed by atoms with van der Waals surface area (Å²) >= 11 is 0. The van der Waals surface area contributed by atoms with Crippen LogP contribution in [0.1, 0.15) is 31.7 Å². The molecule has 0 N–H and O–H groups in total. The maximum atomic E-state index is 12.5. The summed E-state index contributed by atoms with van der Waals surface area (Å²) in [4.78, 5) is 18.9. The van der Waals surface area contributed by atoms with E-state index in [0.717, 1.165) is 37.0 Å². The van der Waals surface area contributed by atoms with Gasteiger partial charge in [-0.1, -0.05) is 17.7 Å². The molecule has 1 aromatic carbocycles. The third-order valence-corrected chi connectivity index (χ3v) is 6.07. The van der Waals surface area contributed by atoms with Gasteiger partial charge in [0.2, 0.25) is 0 Å². The molecule has 2 saturated heterocycles. The minimum Gasteiger partial charge on any atom is -0.484 e. The van der Waals surface area contributed by atoms with Gasteiger partial charge in [-0.15, -0.1) is 10.2 Å². The number of anilines is 2. The van der Waals surface area contributed by atoms with E-state index in [0.29, 0.717) is 19.1 Å². The minimum absolute atomic E-state index is 0.0238. The Morgan fingerprint density at radius 1 is 0.967 bits per heavy atom. The summed E-state index contributed by atoms with van der Waals surface area (Å²) in [5.41, 5.74) is 1.17. The van der Waals surface area contributed by atoms with Gasteiger partial charge in [0, 0.05) is 38.8 Å². The smallest absolute Gasteiger partial charge is 0.260 e. The van der Waals surface area contributed by atoms with E-state index in [1.807, 2.05) is 36.1 Å². The molecule has 1 atom stereocenters. The molecule has 4 rings (SSSR count). The standard InChI is InChI=1S/C23H31N5O2/c1-18-6-8-20(9-7-18)30-17-23(29)27-15-13-26(14-16-27)21-10-11-22(25-24-21)28-12-4-3-5-19(28)2/h6-11,19H,3-5,12-17H2,1-2H3. The molecule has 0 saturated carbocycles. The number of rotatable bonds is 5. The van der Waals surface area contributed by atoms with Crippen molar-refractivity contribution in [3.8, 4) is 5.75 Å². The number of carbonyl (C=O) groups excluding carboxylic acids is 1. The average molecular weight is 410 g/mol. The van der Waals surface area contributed by atoms with Crippen molar-refractivity contribution in [1.82, 2.24) is 15.1 Å². The van der Waals surface area contributed by atoms with Crippen LogP contribution < -0.4 is 14.5 Å². The molecule has 160 valence electrons. The molecule has 0 radical (unpaired) electrons. The molecule has 1 unspecified atom stereocenters. The van der Waals surface area contributed by atoms with Crippen molar-refractivity contribution in [2.75, 3.05) is 49.1 Å². The Bertz CT molecular complexity index is 832. The van der Waals surface area contributed by atoms with Crippen LogP contribution in [-0.2, 0) is 4.79 Å². The van der Waals surface area contributed by atoms with Gasteiger partial charge in [0.25, 0.3) is 5.91 Å². The number of carbonyl (C=O) groups is 1.